The van der Waals surface area contributed by atoms with Crippen LogP contribution in [-0.2, 0) is 9.53 Å². The van der Waals surface area contributed by atoms with E-state index in [1.807, 2.05) is 25.8 Å². The summed E-state index contributed by atoms with van der Waals surface area (Å²) in [7, 11) is 1.92. The Hall–Kier alpha value is -0.320. The van der Waals surface area contributed by atoms with Crippen LogP contribution >= 0.6 is 12.4 Å². The number of carbonyl (C=O) groups is 1. The molecule has 2 fully saturated rings. The first-order chi connectivity index (χ1) is 8.06. The van der Waals surface area contributed by atoms with Crippen molar-refractivity contribution in [1.29, 1.82) is 0 Å². The average Bonchev–Trinajstić information content (AvgIpc) is 2.64. The zero-order valence-electron chi connectivity index (χ0n) is 11.5. The summed E-state index contributed by atoms with van der Waals surface area (Å²) >= 11 is 0. The van der Waals surface area contributed by atoms with Gasteiger partial charge in [0, 0.05) is 25.2 Å². The molecule has 5 heteroatoms. The first kappa shape index (κ1) is 15.7. The summed E-state index contributed by atoms with van der Waals surface area (Å²) in [6, 6.07) is 1.65. The van der Waals surface area contributed by atoms with Crippen molar-refractivity contribution in [3.05, 3.63) is 0 Å². The average molecular weight is 277 g/mol. The maximum absolute atomic E-state index is 12.0. The highest BCUT2D eigenvalue weighted by Gasteiger charge is 2.36. The van der Waals surface area contributed by atoms with Crippen molar-refractivity contribution in [2.45, 2.75) is 63.8 Å². The first-order valence-electron chi connectivity index (χ1n) is 6.69. The largest absolute Gasteiger partial charge is 0.369 e. The lowest BCUT2D eigenvalue weighted by Gasteiger charge is -2.35. The molecule has 0 radical (unpaired) electrons. The molecule has 2 unspecified atom stereocenters. The van der Waals surface area contributed by atoms with Gasteiger partial charge < -0.3 is 15.0 Å². The summed E-state index contributed by atoms with van der Waals surface area (Å²) in [4.78, 5) is 13.9. The van der Waals surface area contributed by atoms with E-state index in [1.54, 1.807) is 0 Å². The van der Waals surface area contributed by atoms with E-state index >= 15 is 0 Å². The van der Waals surface area contributed by atoms with E-state index in [0.29, 0.717) is 18.1 Å². The molecule has 0 saturated carbocycles. The monoisotopic (exact) mass is 276 g/mol. The second-order valence-electron chi connectivity index (χ2n) is 5.63. The number of hydrogen-bond donors (Lipinski definition) is 1. The quantitative estimate of drug-likeness (QED) is 0.848. The summed E-state index contributed by atoms with van der Waals surface area (Å²) in [5.41, 5.74) is 0. The van der Waals surface area contributed by atoms with Crippen molar-refractivity contribution in [1.82, 2.24) is 10.2 Å². The summed E-state index contributed by atoms with van der Waals surface area (Å²) in [6.07, 6.45) is 4.86. The molecule has 0 aromatic heterocycles. The minimum absolute atomic E-state index is 0. The number of halogens is 1. The second kappa shape index (κ2) is 6.73. The minimum atomic E-state index is 0. The molecule has 2 bridgehead atoms. The normalized spacial score (nSPS) is 30.1. The molecule has 18 heavy (non-hydrogen) atoms. The number of amides is 1. The molecule has 1 amide bonds. The van der Waals surface area contributed by atoms with Gasteiger partial charge in [0.1, 0.15) is 6.61 Å². The van der Waals surface area contributed by atoms with Gasteiger partial charge in [0.25, 0.3) is 0 Å². The van der Waals surface area contributed by atoms with E-state index in [4.69, 9.17) is 4.74 Å². The predicted octanol–water partition coefficient (Wildman–Crippen LogP) is 1.57. The SMILES string of the molecule is CC(C)OCC(=O)N(C)C1CC2CCC(C1)N2.Cl. The lowest BCUT2D eigenvalue weighted by Crippen LogP contribution is -2.49. The first-order valence-corrected chi connectivity index (χ1v) is 6.69. The third-order valence-electron chi connectivity index (χ3n) is 3.93. The fourth-order valence-electron chi connectivity index (χ4n) is 2.89. The lowest BCUT2D eigenvalue weighted by molar-refractivity contribution is -0.139. The molecule has 4 nitrogen and oxygen atoms in total. The van der Waals surface area contributed by atoms with Crippen LogP contribution in [0.1, 0.15) is 39.5 Å². The topological polar surface area (TPSA) is 41.6 Å². The van der Waals surface area contributed by atoms with Gasteiger partial charge in [0.15, 0.2) is 0 Å². The Morgan fingerprint density at radius 3 is 2.39 bits per heavy atom. The Labute approximate surface area is 116 Å². The summed E-state index contributed by atoms with van der Waals surface area (Å²) in [5.74, 6) is 0.116. The van der Waals surface area contributed by atoms with Gasteiger partial charge in [-0.3, -0.25) is 4.79 Å². The van der Waals surface area contributed by atoms with Gasteiger partial charge in [-0.2, -0.15) is 0 Å². The highest BCUT2D eigenvalue weighted by atomic mass is 35.5. The van der Waals surface area contributed by atoms with E-state index in [0.717, 1.165) is 12.8 Å². The van der Waals surface area contributed by atoms with Crippen LogP contribution < -0.4 is 5.32 Å². The van der Waals surface area contributed by atoms with Crippen LogP contribution in [0.3, 0.4) is 0 Å². The molecule has 0 spiro atoms. The summed E-state index contributed by atoms with van der Waals surface area (Å²) in [6.45, 7) is 4.13. The van der Waals surface area contributed by atoms with Crippen molar-refractivity contribution in [2.24, 2.45) is 0 Å². The highest BCUT2D eigenvalue weighted by molar-refractivity contribution is 5.85. The highest BCUT2D eigenvalue weighted by Crippen LogP contribution is 2.29. The molecule has 2 aliphatic heterocycles. The van der Waals surface area contributed by atoms with E-state index in [-0.39, 0.29) is 31.0 Å². The van der Waals surface area contributed by atoms with Gasteiger partial charge in [-0.1, -0.05) is 0 Å². The Bertz CT molecular complexity index is 274. The molecule has 106 valence electrons. The molecule has 1 N–H and O–H groups in total. The van der Waals surface area contributed by atoms with Crippen LogP contribution in [0.15, 0.2) is 0 Å². The van der Waals surface area contributed by atoms with Crippen LogP contribution in [0.2, 0.25) is 0 Å². The number of likely N-dealkylation sites (N-methyl/N-ethyl adjacent to an activating group) is 1. The lowest BCUT2D eigenvalue weighted by atomic mass is 9.98. The number of ether oxygens (including phenoxy) is 1. The van der Waals surface area contributed by atoms with E-state index in [1.165, 1.54) is 12.8 Å². The Morgan fingerprint density at radius 1 is 1.33 bits per heavy atom. The molecule has 0 aromatic carbocycles. The van der Waals surface area contributed by atoms with Gasteiger partial charge >= 0.3 is 0 Å². The van der Waals surface area contributed by atoms with Gasteiger partial charge in [0.05, 0.1) is 6.10 Å². The van der Waals surface area contributed by atoms with Crippen LogP contribution in [0.4, 0.5) is 0 Å². The fraction of sp³-hybridized carbons (Fsp3) is 0.923. The summed E-state index contributed by atoms with van der Waals surface area (Å²) in [5, 5.41) is 3.60. The molecule has 2 saturated heterocycles. The fourth-order valence-corrected chi connectivity index (χ4v) is 2.89. The molecule has 2 aliphatic rings. The van der Waals surface area contributed by atoms with Crippen molar-refractivity contribution in [3.8, 4) is 0 Å². The zero-order valence-corrected chi connectivity index (χ0v) is 12.3. The van der Waals surface area contributed by atoms with Crippen LogP contribution in [0.5, 0.6) is 0 Å². The Kier molecular flexibility index (Phi) is 5.89. The standard InChI is InChI=1S/C13H24N2O2.ClH/c1-9(2)17-8-13(16)15(3)12-6-10-4-5-11(7-12)14-10;/h9-12,14H,4-8H2,1-3H3;1H. The predicted molar refractivity (Wildman–Crippen MR) is 74.1 cm³/mol. The maximum atomic E-state index is 12.0. The Balaban J connectivity index is 0.00000162. The van der Waals surface area contributed by atoms with Gasteiger partial charge in [-0.05, 0) is 39.5 Å². The van der Waals surface area contributed by atoms with Crippen molar-refractivity contribution < 1.29 is 9.53 Å². The molecular formula is C13H25ClN2O2. The van der Waals surface area contributed by atoms with E-state index < -0.39 is 0 Å². The zero-order chi connectivity index (χ0) is 12.4. The molecule has 2 rings (SSSR count). The molecule has 2 atom stereocenters. The van der Waals surface area contributed by atoms with Crippen molar-refractivity contribution >= 4 is 18.3 Å². The number of rotatable bonds is 4. The molecule has 2 heterocycles. The van der Waals surface area contributed by atoms with Crippen LogP contribution in [-0.4, -0.2) is 48.7 Å². The summed E-state index contributed by atoms with van der Waals surface area (Å²) < 4.78 is 5.38. The Morgan fingerprint density at radius 2 is 1.89 bits per heavy atom. The van der Waals surface area contributed by atoms with Gasteiger partial charge in [0.2, 0.25) is 5.91 Å². The number of nitrogens with one attached hydrogen (secondary N) is 1. The number of fused-ring (bicyclic) bond motifs is 2. The third-order valence-corrected chi connectivity index (χ3v) is 3.93. The molecule has 0 aromatic rings. The molecule has 0 aliphatic carbocycles. The van der Waals surface area contributed by atoms with Gasteiger partial charge in [-0.25, -0.2) is 0 Å². The smallest absolute Gasteiger partial charge is 0.248 e. The van der Waals surface area contributed by atoms with Crippen LogP contribution in [0.25, 0.3) is 0 Å². The van der Waals surface area contributed by atoms with Crippen LogP contribution in [0, 0.1) is 0 Å². The second-order valence-corrected chi connectivity index (χ2v) is 5.63. The molecular weight excluding hydrogens is 252 g/mol. The number of carbonyl (C=O) groups excluding carboxylic acids is 1. The third kappa shape index (κ3) is 3.84. The van der Waals surface area contributed by atoms with Crippen molar-refractivity contribution in [3.63, 3.8) is 0 Å². The van der Waals surface area contributed by atoms with E-state index in [9.17, 15) is 4.79 Å². The van der Waals surface area contributed by atoms with E-state index in [2.05, 4.69) is 5.32 Å². The number of nitrogens with zero attached hydrogens (tertiary/aromatic N) is 1. The minimum Gasteiger partial charge on any atom is -0.369 e. The maximum Gasteiger partial charge on any atom is 0.248 e. The van der Waals surface area contributed by atoms with Crippen molar-refractivity contribution in [2.75, 3.05) is 13.7 Å². The van der Waals surface area contributed by atoms with Gasteiger partial charge in [-0.15, -0.1) is 12.4 Å². The number of piperidine rings is 1. The number of hydrogen-bond acceptors (Lipinski definition) is 3.